The van der Waals surface area contributed by atoms with Crippen LogP contribution in [0, 0.1) is 0 Å². The van der Waals surface area contributed by atoms with Gasteiger partial charge in [0.05, 0.1) is 0 Å². The summed E-state index contributed by atoms with van der Waals surface area (Å²) in [5.74, 6) is 0. The fourth-order valence-electron chi connectivity index (χ4n) is 12.9. The first-order chi connectivity index (χ1) is 38.2. The fourth-order valence-corrected chi connectivity index (χ4v) is 12.9. The molecule has 0 N–H and O–H groups in total. The summed E-state index contributed by atoms with van der Waals surface area (Å²) in [6.07, 6.45) is 0. The Morgan fingerprint density at radius 2 is 0.545 bits per heavy atom. The van der Waals surface area contributed by atoms with E-state index in [0.717, 1.165) is 21.9 Å². The Hall–Kier alpha value is -10.1. The lowest BCUT2D eigenvalue weighted by Gasteiger charge is -2.19. The van der Waals surface area contributed by atoms with Crippen molar-refractivity contribution in [3.05, 3.63) is 279 Å². The Bertz CT molecular complexity index is 4980. The summed E-state index contributed by atoms with van der Waals surface area (Å²) in [6.45, 7) is 0. The molecule has 0 saturated heterocycles. The minimum absolute atomic E-state index is 0.907. The van der Waals surface area contributed by atoms with E-state index in [2.05, 4.69) is 273 Å². The molecule has 0 atom stereocenters. The van der Waals surface area contributed by atoms with Gasteiger partial charge in [0, 0.05) is 10.8 Å². The van der Waals surface area contributed by atoms with Crippen LogP contribution in [-0.2, 0) is 0 Å². The lowest BCUT2D eigenvalue weighted by molar-refractivity contribution is 0.669. The molecule has 1 nitrogen and oxygen atoms in total. The van der Waals surface area contributed by atoms with Crippen LogP contribution >= 0.6 is 0 Å². The van der Waals surface area contributed by atoms with Crippen molar-refractivity contribution >= 4 is 97.3 Å². The average Bonchev–Trinajstić information content (AvgIpc) is 3.97. The van der Waals surface area contributed by atoms with E-state index >= 15 is 0 Å². The van der Waals surface area contributed by atoms with E-state index in [9.17, 15) is 0 Å². The molecule has 1 heteroatoms. The first-order valence-corrected chi connectivity index (χ1v) is 26.6. The predicted molar refractivity (Wildman–Crippen MR) is 329 cm³/mol. The third-order valence-electron chi connectivity index (χ3n) is 16.4. The molecule has 356 valence electrons. The average molecular weight is 975 g/mol. The topological polar surface area (TPSA) is 13.1 Å². The van der Waals surface area contributed by atoms with E-state index in [-0.39, 0.29) is 0 Å². The van der Waals surface area contributed by atoms with Gasteiger partial charge in [-0.1, -0.05) is 243 Å². The first kappa shape index (κ1) is 43.3. The molecule has 77 heavy (non-hydrogen) atoms. The Morgan fingerprint density at radius 3 is 1.13 bits per heavy atom. The van der Waals surface area contributed by atoms with Gasteiger partial charge in [0.15, 0.2) is 0 Å². The summed E-state index contributed by atoms with van der Waals surface area (Å²) in [4.78, 5) is 0. The van der Waals surface area contributed by atoms with Crippen molar-refractivity contribution in [1.82, 2.24) is 0 Å². The molecule has 0 unspecified atom stereocenters. The molecule has 0 aliphatic rings. The highest BCUT2D eigenvalue weighted by Crippen LogP contribution is 2.48. The minimum atomic E-state index is 0.907. The summed E-state index contributed by atoms with van der Waals surface area (Å²) < 4.78 is 6.26. The molecule has 0 bridgehead atoms. The highest BCUT2D eigenvalue weighted by molar-refractivity contribution is 6.25. The Balaban J connectivity index is 0.760. The maximum absolute atomic E-state index is 6.26. The Morgan fingerprint density at radius 1 is 0.169 bits per heavy atom. The number of para-hydroxylation sites is 1. The van der Waals surface area contributed by atoms with Crippen molar-refractivity contribution in [2.24, 2.45) is 0 Å². The van der Waals surface area contributed by atoms with Crippen LogP contribution in [0.25, 0.3) is 164 Å². The zero-order valence-electron chi connectivity index (χ0n) is 42.0. The quantitative estimate of drug-likeness (QED) is 0.151. The van der Waals surface area contributed by atoms with Crippen molar-refractivity contribution in [1.29, 1.82) is 0 Å². The van der Waals surface area contributed by atoms with E-state index < -0.39 is 0 Å². The molecular formula is C76H46O. The number of furan rings is 1. The highest BCUT2D eigenvalue weighted by Gasteiger charge is 2.21. The van der Waals surface area contributed by atoms with Crippen molar-refractivity contribution < 1.29 is 4.42 Å². The number of rotatable bonds is 6. The third-order valence-corrected chi connectivity index (χ3v) is 16.4. The van der Waals surface area contributed by atoms with Gasteiger partial charge in [-0.2, -0.15) is 0 Å². The molecule has 1 aromatic heterocycles. The summed E-state index contributed by atoms with van der Waals surface area (Å²) in [5, 5.41) is 19.7. The van der Waals surface area contributed by atoms with E-state index in [4.69, 9.17) is 4.42 Å². The van der Waals surface area contributed by atoms with Gasteiger partial charge in [-0.25, -0.2) is 0 Å². The van der Waals surface area contributed by atoms with Crippen molar-refractivity contribution in [3.8, 4) is 66.8 Å². The van der Waals surface area contributed by atoms with Gasteiger partial charge in [-0.3, -0.25) is 0 Å². The Kier molecular flexibility index (Phi) is 9.71. The SMILES string of the molecule is c1ccc2cc(-c3c4ccccc4c(-c4ccc(-c5cccc6cc(-c7ccc8c(-c9c%10ccccc%10c(-c%10ccc%11oc%12ccccc%12c%11c%10)c%10ccccc9%10)cccc8c7)ccc56)cc4)c4ccccc34)ccc2c1. The van der Waals surface area contributed by atoms with E-state index in [1.807, 2.05) is 6.07 Å². The second-order valence-electron chi connectivity index (χ2n) is 20.6. The summed E-state index contributed by atoms with van der Waals surface area (Å²) in [7, 11) is 0. The van der Waals surface area contributed by atoms with Crippen molar-refractivity contribution in [3.63, 3.8) is 0 Å². The largest absolute Gasteiger partial charge is 0.456 e. The number of fused-ring (bicyclic) bond motifs is 10. The van der Waals surface area contributed by atoms with Gasteiger partial charge >= 0.3 is 0 Å². The molecule has 0 aliphatic heterocycles. The van der Waals surface area contributed by atoms with Gasteiger partial charge in [0.1, 0.15) is 11.2 Å². The zero-order chi connectivity index (χ0) is 50.6. The van der Waals surface area contributed by atoms with E-state index in [1.54, 1.807) is 0 Å². The minimum Gasteiger partial charge on any atom is -0.456 e. The molecule has 0 saturated carbocycles. The first-order valence-electron chi connectivity index (χ1n) is 26.6. The second-order valence-corrected chi connectivity index (χ2v) is 20.6. The second kappa shape index (κ2) is 17.2. The van der Waals surface area contributed by atoms with Crippen LogP contribution in [0.5, 0.6) is 0 Å². The number of benzene rings is 15. The molecule has 16 rings (SSSR count). The fraction of sp³-hybridized carbons (Fsp3) is 0. The van der Waals surface area contributed by atoms with Crippen LogP contribution < -0.4 is 0 Å². The number of hydrogen-bond acceptors (Lipinski definition) is 1. The molecule has 15 aromatic carbocycles. The molecule has 0 radical (unpaired) electrons. The third kappa shape index (κ3) is 6.88. The van der Waals surface area contributed by atoms with Crippen LogP contribution in [0.3, 0.4) is 0 Å². The van der Waals surface area contributed by atoms with Gasteiger partial charge in [-0.15, -0.1) is 0 Å². The monoisotopic (exact) mass is 974 g/mol. The maximum Gasteiger partial charge on any atom is 0.135 e. The van der Waals surface area contributed by atoms with Crippen LogP contribution in [0.15, 0.2) is 283 Å². The van der Waals surface area contributed by atoms with Gasteiger partial charge in [-0.05, 0) is 179 Å². The highest BCUT2D eigenvalue weighted by atomic mass is 16.3. The van der Waals surface area contributed by atoms with Crippen LogP contribution in [0.1, 0.15) is 0 Å². The van der Waals surface area contributed by atoms with Crippen molar-refractivity contribution in [2.75, 3.05) is 0 Å². The molecule has 1 heterocycles. The van der Waals surface area contributed by atoms with Crippen LogP contribution in [0.2, 0.25) is 0 Å². The van der Waals surface area contributed by atoms with Gasteiger partial charge in [0.25, 0.3) is 0 Å². The summed E-state index contributed by atoms with van der Waals surface area (Å²) >= 11 is 0. The molecule has 0 amide bonds. The number of hydrogen-bond donors (Lipinski definition) is 0. The molecule has 0 aliphatic carbocycles. The van der Waals surface area contributed by atoms with Crippen molar-refractivity contribution in [2.45, 2.75) is 0 Å². The molecule has 16 aromatic rings. The lowest BCUT2D eigenvalue weighted by Crippen LogP contribution is -1.92. The van der Waals surface area contributed by atoms with Crippen LogP contribution in [-0.4, -0.2) is 0 Å². The normalized spacial score (nSPS) is 11.9. The van der Waals surface area contributed by atoms with E-state index in [0.29, 0.717) is 0 Å². The Labute approximate surface area is 445 Å². The van der Waals surface area contributed by atoms with E-state index in [1.165, 1.54) is 142 Å². The predicted octanol–water partition coefficient (Wildman–Crippen LogP) is 21.7. The summed E-state index contributed by atoms with van der Waals surface area (Å²) in [6, 6.07) is 103. The molecule has 0 fully saturated rings. The maximum atomic E-state index is 6.26. The summed E-state index contributed by atoms with van der Waals surface area (Å²) in [5.41, 5.74) is 16.6. The molecular weight excluding hydrogens is 929 g/mol. The van der Waals surface area contributed by atoms with Crippen LogP contribution in [0.4, 0.5) is 0 Å². The standard InChI is InChI=1S/C76H46O/c1-2-16-50-45-55(36-31-47(50)15-1)74-64-22-5-3-20-62(64)73(63-21-4-6-23-65(63)74)49-34-32-48(33-35-49)57-28-13-17-53-43-51(37-40-58(53)57)52-38-41-59-54(44-52)18-14-29-61(59)76-68-26-9-7-24-66(68)75(67-25-8-10-27-69(67)76)56-39-42-72-70(46-56)60-19-11-12-30-71(60)77-72/h1-46H. The molecule has 0 spiro atoms. The van der Waals surface area contributed by atoms with Gasteiger partial charge < -0.3 is 4.42 Å². The smallest absolute Gasteiger partial charge is 0.135 e. The lowest BCUT2D eigenvalue weighted by atomic mass is 9.84. The zero-order valence-corrected chi connectivity index (χ0v) is 42.0. The van der Waals surface area contributed by atoms with Gasteiger partial charge in [0.2, 0.25) is 0 Å².